The number of carbonyl (C=O) groups is 3. The van der Waals surface area contributed by atoms with Gasteiger partial charge in [0, 0.05) is 16.6 Å². The van der Waals surface area contributed by atoms with Gasteiger partial charge in [-0.05, 0) is 44.6 Å². The van der Waals surface area contributed by atoms with E-state index >= 15 is 0 Å². The van der Waals surface area contributed by atoms with Crippen molar-refractivity contribution in [2.45, 2.75) is 46.1 Å². The molecule has 1 aromatic carbocycles. The molecule has 9 heteroatoms. The van der Waals surface area contributed by atoms with Gasteiger partial charge >= 0.3 is 11.9 Å². The first-order valence-electron chi connectivity index (χ1n) is 11.5. The number of fused-ring (bicyclic) bond motifs is 1. The Balaban J connectivity index is 1.64. The van der Waals surface area contributed by atoms with E-state index in [1.165, 1.54) is 23.7 Å². The molecule has 0 radical (unpaired) electrons. The molecule has 1 aliphatic carbocycles. The fraction of sp³-hybridized carbons (Fsp3) is 0.346. The van der Waals surface area contributed by atoms with Crippen molar-refractivity contribution >= 4 is 34.2 Å². The summed E-state index contributed by atoms with van der Waals surface area (Å²) in [5.41, 5.74) is 2.48. The van der Waals surface area contributed by atoms with Crippen LogP contribution in [0.5, 0.6) is 0 Å². The molecule has 0 bridgehead atoms. The van der Waals surface area contributed by atoms with Crippen molar-refractivity contribution in [3.8, 4) is 0 Å². The first kappa shape index (κ1) is 24.5. The van der Waals surface area contributed by atoms with Crippen LogP contribution in [-0.2, 0) is 27.1 Å². The summed E-state index contributed by atoms with van der Waals surface area (Å²) in [4.78, 5) is 48.3. The largest absolute Gasteiger partial charge is 0.462 e. The number of rotatable bonds is 7. The van der Waals surface area contributed by atoms with Crippen LogP contribution in [0, 0.1) is 12.8 Å². The Kier molecular flexibility index (Phi) is 7.55. The molecule has 1 aliphatic rings. The molecular weight excluding hydrogens is 466 g/mol. The zero-order valence-electron chi connectivity index (χ0n) is 19.9. The molecule has 2 heterocycles. The third kappa shape index (κ3) is 5.57. The standard InChI is InChI=1S/C26H27N3O5S/c1-4-33-26(32)21-18-11-10-15(2)12-20(18)35-24(21)29-23(30)22(17-8-6-5-7-9-17)34-25(31)19-14-27-16(3)13-28-19/h5-9,13-15,22H,4,10-12H2,1-3H3,(H,29,30)/t15-,22-/m0/s1. The molecule has 0 saturated heterocycles. The lowest BCUT2D eigenvalue weighted by Gasteiger charge is -2.19. The molecule has 0 aliphatic heterocycles. The highest BCUT2D eigenvalue weighted by Crippen LogP contribution is 2.40. The van der Waals surface area contributed by atoms with E-state index in [2.05, 4.69) is 22.2 Å². The Hall–Kier alpha value is -3.59. The van der Waals surface area contributed by atoms with Gasteiger partial charge in [0.1, 0.15) is 5.00 Å². The van der Waals surface area contributed by atoms with Crippen molar-refractivity contribution in [3.63, 3.8) is 0 Å². The Morgan fingerprint density at radius 1 is 1.14 bits per heavy atom. The van der Waals surface area contributed by atoms with E-state index < -0.39 is 23.9 Å². The van der Waals surface area contributed by atoms with Crippen molar-refractivity contribution in [1.29, 1.82) is 0 Å². The molecule has 0 fully saturated rings. The van der Waals surface area contributed by atoms with Crippen LogP contribution in [0.4, 0.5) is 5.00 Å². The molecule has 3 aromatic rings. The predicted octanol–water partition coefficient (Wildman–Crippen LogP) is 4.68. The number of hydrogen-bond donors (Lipinski definition) is 1. The zero-order valence-corrected chi connectivity index (χ0v) is 20.7. The number of aromatic nitrogens is 2. The second-order valence-corrected chi connectivity index (χ2v) is 9.61. The number of carbonyl (C=O) groups excluding carboxylic acids is 3. The summed E-state index contributed by atoms with van der Waals surface area (Å²) in [6.45, 7) is 5.90. The van der Waals surface area contributed by atoms with Crippen LogP contribution in [0.15, 0.2) is 42.7 Å². The number of nitrogens with zero attached hydrogens (tertiary/aromatic N) is 2. The van der Waals surface area contributed by atoms with Gasteiger partial charge in [-0.1, -0.05) is 37.3 Å². The summed E-state index contributed by atoms with van der Waals surface area (Å²) in [6, 6.07) is 8.71. The maximum atomic E-state index is 13.5. The molecule has 0 saturated carbocycles. The van der Waals surface area contributed by atoms with Crippen LogP contribution < -0.4 is 5.32 Å². The number of hydrogen-bond acceptors (Lipinski definition) is 8. The van der Waals surface area contributed by atoms with Crippen LogP contribution >= 0.6 is 11.3 Å². The van der Waals surface area contributed by atoms with Crippen LogP contribution in [0.1, 0.15) is 68.9 Å². The maximum Gasteiger partial charge on any atom is 0.359 e. The van der Waals surface area contributed by atoms with Gasteiger partial charge in [0.05, 0.1) is 24.1 Å². The highest BCUT2D eigenvalue weighted by Gasteiger charge is 2.32. The number of anilines is 1. The molecule has 0 spiro atoms. The van der Waals surface area contributed by atoms with Crippen molar-refractivity contribution in [1.82, 2.24) is 9.97 Å². The normalized spacial score (nSPS) is 15.6. The lowest BCUT2D eigenvalue weighted by Crippen LogP contribution is -2.26. The fourth-order valence-corrected chi connectivity index (χ4v) is 5.40. The summed E-state index contributed by atoms with van der Waals surface area (Å²) in [7, 11) is 0. The van der Waals surface area contributed by atoms with Crippen molar-refractivity contribution in [3.05, 3.63) is 75.7 Å². The minimum absolute atomic E-state index is 0.00267. The van der Waals surface area contributed by atoms with Crippen molar-refractivity contribution in [2.75, 3.05) is 11.9 Å². The quantitative estimate of drug-likeness (QED) is 0.476. The summed E-state index contributed by atoms with van der Waals surface area (Å²) >= 11 is 1.38. The number of benzene rings is 1. The van der Waals surface area contributed by atoms with Crippen molar-refractivity contribution in [2.24, 2.45) is 5.92 Å². The number of thiophene rings is 1. The van der Waals surface area contributed by atoms with Gasteiger partial charge in [0.15, 0.2) is 5.69 Å². The van der Waals surface area contributed by atoms with Gasteiger partial charge in [0.2, 0.25) is 6.10 Å². The van der Waals surface area contributed by atoms with Gasteiger partial charge < -0.3 is 14.8 Å². The molecule has 1 amide bonds. The Bertz CT molecular complexity index is 1220. The molecular formula is C26H27N3O5S. The number of amides is 1. The second-order valence-electron chi connectivity index (χ2n) is 8.50. The van der Waals surface area contributed by atoms with Gasteiger partial charge in [-0.25, -0.2) is 14.6 Å². The van der Waals surface area contributed by atoms with E-state index in [-0.39, 0.29) is 12.3 Å². The Labute approximate surface area is 207 Å². The molecule has 35 heavy (non-hydrogen) atoms. The number of esters is 2. The van der Waals surface area contributed by atoms with Crippen LogP contribution in [0.3, 0.4) is 0 Å². The van der Waals surface area contributed by atoms with E-state index in [1.807, 2.05) is 0 Å². The molecule has 2 aromatic heterocycles. The molecule has 8 nitrogen and oxygen atoms in total. The molecule has 2 atom stereocenters. The highest BCUT2D eigenvalue weighted by molar-refractivity contribution is 7.17. The van der Waals surface area contributed by atoms with E-state index in [9.17, 15) is 14.4 Å². The predicted molar refractivity (Wildman–Crippen MR) is 131 cm³/mol. The average molecular weight is 494 g/mol. The summed E-state index contributed by atoms with van der Waals surface area (Å²) in [6.07, 6.45) is 4.07. The summed E-state index contributed by atoms with van der Waals surface area (Å²) < 4.78 is 10.9. The fourth-order valence-electron chi connectivity index (χ4n) is 4.00. The Morgan fingerprint density at radius 3 is 2.60 bits per heavy atom. The lowest BCUT2D eigenvalue weighted by atomic mass is 9.88. The van der Waals surface area contributed by atoms with Gasteiger partial charge in [-0.15, -0.1) is 11.3 Å². The monoisotopic (exact) mass is 493 g/mol. The molecule has 4 rings (SSSR count). The maximum absolute atomic E-state index is 13.5. The smallest absolute Gasteiger partial charge is 0.359 e. The number of nitrogens with one attached hydrogen (secondary N) is 1. The third-order valence-corrected chi connectivity index (χ3v) is 6.95. The van der Waals surface area contributed by atoms with Gasteiger partial charge in [-0.3, -0.25) is 9.78 Å². The summed E-state index contributed by atoms with van der Waals surface area (Å²) in [5.74, 6) is -1.31. The van der Waals surface area contributed by atoms with E-state index in [4.69, 9.17) is 9.47 Å². The molecule has 0 unspecified atom stereocenters. The first-order valence-corrected chi connectivity index (χ1v) is 12.4. The topological polar surface area (TPSA) is 107 Å². The number of aryl methyl sites for hydroxylation is 1. The highest BCUT2D eigenvalue weighted by atomic mass is 32.1. The number of ether oxygens (including phenoxy) is 2. The van der Waals surface area contributed by atoms with Crippen LogP contribution in [0.2, 0.25) is 0 Å². The lowest BCUT2D eigenvalue weighted by molar-refractivity contribution is -0.125. The van der Waals surface area contributed by atoms with E-state index in [0.717, 1.165) is 29.7 Å². The zero-order chi connectivity index (χ0) is 24.9. The van der Waals surface area contributed by atoms with Crippen LogP contribution in [0.25, 0.3) is 0 Å². The minimum Gasteiger partial charge on any atom is -0.462 e. The summed E-state index contributed by atoms with van der Waals surface area (Å²) in [5, 5.41) is 3.27. The molecule has 182 valence electrons. The SMILES string of the molecule is CCOC(=O)c1c(NC(=O)[C@@H](OC(=O)c2cnc(C)cn2)c2ccccc2)sc2c1CC[C@H](C)C2. The molecule has 1 N–H and O–H groups in total. The van der Waals surface area contributed by atoms with Crippen LogP contribution in [-0.4, -0.2) is 34.4 Å². The van der Waals surface area contributed by atoms with Gasteiger partial charge in [-0.2, -0.15) is 0 Å². The third-order valence-electron chi connectivity index (χ3n) is 5.78. The van der Waals surface area contributed by atoms with Gasteiger partial charge in [0.25, 0.3) is 5.91 Å². The van der Waals surface area contributed by atoms with Crippen molar-refractivity contribution < 1.29 is 23.9 Å². The Morgan fingerprint density at radius 2 is 1.91 bits per heavy atom. The first-order chi connectivity index (χ1) is 16.9. The van der Waals surface area contributed by atoms with E-state index in [0.29, 0.717) is 27.7 Å². The minimum atomic E-state index is -1.25. The second kappa shape index (κ2) is 10.8. The average Bonchev–Trinajstić information content (AvgIpc) is 3.20. The van der Waals surface area contributed by atoms with E-state index in [1.54, 1.807) is 44.2 Å².